The highest BCUT2D eigenvalue weighted by atomic mass is 16.2. The predicted octanol–water partition coefficient (Wildman–Crippen LogP) is 4.52. The van der Waals surface area contributed by atoms with E-state index >= 15 is 0 Å². The van der Waals surface area contributed by atoms with Crippen molar-refractivity contribution >= 4 is 11.9 Å². The molecule has 5 nitrogen and oxygen atoms in total. The van der Waals surface area contributed by atoms with Gasteiger partial charge in [0.05, 0.1) is 6.67 Å². The third-order valence-electron chi connectivity index (χ3n) is 7.08. The zero-order valence-corrected chi connectivity index (χ0v) is 17.5. The number of carbonyl (C=O) groups is 2. The molecule has 0 aromatic heterocycles. The summed E-state index contributed by atoms with van der Waals surface area (Å²) in [4.78, 5) is 30.6. The van der Waals surface area contributed by atoms with Crippen molar-refractivity contribution in [3.05, 3.63) is 0 Å². The average Bonchev–Trinajstić information content (AvgIpc) is 2.95. The van der Waals surface area contributed by atoms with Crippen molar-refractivity contribution in [1.82, 2.24) is 15.1 Å². The van der Waals surface area contributed by atoms with Gasteiger partial charge in [0.15, 0.2) is 0 Å². The van der Waals surface area contributed by atoms with E-state index in [9.17, 15) is 9.59 Å². The van der Waals surface area contributed by atoms with Crippen molar-refractivity contribution in [3.8, 4) is 0 Å². The van der Waals surface area contributed by atoms with Gasteiger partial charge in [-0.2, -0.15) is 0 Å². The van der Waals surface area contributed by atoms with Crippen LogP contribution in [0.5, 0.6) is 0 Å². The van der Waals surface area contributed by atoms with E-state index in [4.69, 9.17) is 0 Å². The lowest BCUT2D eigenvalue weighted by atomic mass is 9.64. The number of hydrogen-bond donors (Lipinski definition) is 1. The summed E-state index contributed by atoms with van der Waals surface area (Å²) in [5, 5.41) is 3.31. The molecule has 154 valence electrons. The molecule has 1 saturated heterocycles. The largest absolute Gasteiger partial charge is 0.326 e. The maximum Gasteiger partial charge on any atom is 0.326 e. The summed E-state index contributed by atoms with van der Waals surface area (Å²) in [6.07, 6.45) is 13.7. The van der Waals surface area contributed by atoms with Crippen LogP contribution in [0.15, 0.2) is 0 Å². The highest BCUT2D eigenvalue weighted by Gasteiger charge is 2.59. The van der Waals surface area contributed by atoms with E-state index < -0.39 is 5.54 Å². The molecule has 0 unspecified atom stereocenters. The fourth-order valence-corrected chi connectivity index (χ4v) is 5.83. The minimum Gasteiger partial charge on any atom is -0.322 e. The minimum absolute atomic E-state index is 0.0866. The van der Waals surface area contributed by atoms with Crippen LogP contribution >= 0.6 is 0 Å². The van der Waals surface area contributed by atoms with E-state index in [2.05, 4.69) is 24.1 Å². The molecular weight excluding hydrogens is 338 g/mol. The molecule has 3 aliphatic rings. The SMILES string of the molecule is CCCN(CCC)CN1C(=O)NC(C2CCCCC2)(C2CCCCC2)C1=O. The summed E-state index contributed by atoms with van der Waals surface area (Å²) in [6, 6.07) is -0.145. The van der Waals surface area contributed by atoms with Gasteiger partial charge in [0.2, 0.25) is 0 Å². The summed E-state index contributed by atoms with van der Waals surface area (Å²) in [5.74, 6) is 0.728. The summed E-state index contributed by atoms with van der Waals surface area (Å²) < 4.78 is 0. The van der Waals surface area contributed by atoms with Crippen molar-refractivity contribution in [2.45, 2.75) is 96.4 Å². The molecule has 1 aliphatic heterocycles. The molecule has 1 N–H and O–H groups in total. The fourth-order valence-electron chi connectivity index (χ4n) is 5.83. The van der Waals surface area contributed by atoms with Crippen molar-refractivity contribution in [2.75, 3.05) is 19.8 Å². The molecule has 0 aromatic carbocycles. The van der Waals surface area contributed by atoms with Gasteiger partial charge in [-0.25, -0.2) is 9.69 Å². The maximum absolute atomic E-state index is 13.8. The monoisotopic (exact) mass is 377 g/mol. The van der Waals surface area contributed by atoms with Crippen molar-refractivity contribution in [1.29, 1.82) is 0 Å². The summed E-state index contributed by atoms with van der Waals surface area (Å²) >= 11 is 0. The van der Waals surface area contributed by atoms with Crippen LogP contribution < -0.4 is 5.32 Å². The van der Waals surface area contributed by atoms with E-state index in [1.165, 1.54) is 38.5 Å². The third kappa shape index (κ3) is 4.18. The second-order valence-electron chi connectivity index (χ2n) is 8.96. The Bertz CT molecular complexity index is 486. The Morgan fingerprint density at radius 2 is 1.37 bits per heavy atom. The quantitative estimate of drug-likeness (QED) is 0.633. The topological polar surface area (TPSA) is 52.6 Å². The highest BCUT2D eigenvalue weighted by Crippen LogP contribution is 2.46. The van der Waals surface area contributed by atoms with E-state index in [1.807, 2.05) is 0 Å². The molecule has 0 atom stereocenters. The van der Waals surface area contributed by atoms with Crippen LogP contribution in [0.2, 0.25) is 0 Å². The Morgan fingerprint density at radius 3 is 1.81 bits per heavy atom. The van der Waals surface area contributed by atoms with Crippen LogP contribution in [0.25, 0.3) is 0 Å². The van der Waals surface area contributed by atoms with Gasteiger partial charge in [-0.15, -0.1) is 0 Å². The zero-order valence-electron chi connectivity index (χ0n) is 17.5. The molecule has 0 spiro atoms. The first-order valence-electron chi connectivity index (χ1n) is 11.5. The van der Waals surface area contributed by atoms with Crippen LogP contribution in [-0.2, 0) is 4.79 Å². The molecule has 5 heteroatoms. The zero-order chi connectivity index (χ0) is 19.3. The molecule has 1 heterocycles. The number of urea groups is 1. The molecule has 3 fully saturated rings. The Labute approximate surface area is 165 Å². The van der Waals surface area contributed by atoms with Crippen molar-refractivity contribution in [3.63, 3.8) is 0 Å². The van der Waals surface area contributed by atoms with Crippen LogP contribution in [0.3, 0.4) is 0 Å². The van der Waals surface area contributed by atoms with Gasteiger partial charge < -0.3 is 5.32 Å². The summed E-state index contributed by atoms with van der Waals surface area (Å²) in [6.45, 7) is 6.63. The molecule has 3 amide bonds. The lowest BCUT2D eigenvalue weighted by molar-refractivity contribution is -0.138. The van der Waals surface area contributed by atoms with Gasteiger partial charge in [-0.3, -0.25) is 9.69 Å². The lowest BCUT2D eigenvalue weighted by Gasteiger charge is -2.44. The van der Waals surface area contributed by atoms with E-state index in [1.54, 1.807) is 4.90 Å². The number of rotatable bonds is 8. The Morgan fingerprint density at radius 1 is 0.889 bits per heavy atom. The third-order valence-corrected chi connectivity index (χ3v) is 7.08. The molecule has 27 heavy (non-hydrogen) atoms. The second kappa shape index (κ2) is 9.40. The summed E-state index contributed by atoms with van der Waals surface area (Å²) in [5.41, 5.74) is -0.623. The Hall–Kier alpha value is -1.10. The van der Waals surface area contributed by atoms with Crippen LogP contribution in [-0.4, -0.2) is 47.0 Å². The van der Waals surface area contributed by atoms with Crippen molar-refractivity contribution in [2.24, 2.45) is 11.8 Å². The maximum atomic E-state index is 13.8. The Balaban J connectivity index is 1.84. The molecule has 0 bridgehead atoms. The molecule has 2 saturated carbocycles. The van der Waals surface area contributed by atoms with Crippen LogP contribution in [0.4, 0.5) is 4.79 Å². The molecule has 3 rings (SSSR count). The van der Waals surface area contributed by atoms with E-state index in [0.29, 0.717) is 18.5 Å². The van der Waals surface area contributed by atoms with Crippen LogP contribution in [0, 0.1) is 11.8 Å². The standard InChI is InChI=1S/C22H39N3O2/c1-3-15-24(16-4-2)17-25-20(26)22(23-21(25)27,18-11-7-5-8-12-18)19-13-9-6-10-14-19/h18-19H,3-17H2,1-2H3,(H,23,27). The highest BCUT2D eigenvalue weighted by molar-refractivity contribution is 6.07. The molecular formula is C22H39N3O2. The number of imide groups is 1. The van der Waals surface area contributed by atoms with E-state index in [-0.39, 0.29) is 11.9 Å². The van der Waals surface area contributed by atoms with Gasteiger partial charge in [0, 0.05) is 0 Å². The number of nitrogens with one attached hydrogen (secondary N) is 1. The van der Waals surface area contributed by atoms with Gasteiger partial charge in [-0.05, 0) is 63.5 Å². The normalized spacial score (nSPS) is 24.6. The fraction of sp³-hybridized carbons (Fsp3) is 0.909. The van der Waals surface area contributed by atoms with Gasteiger partial charge >= 0.3 is 6.03 Å². The van der Waals surface area contributed by atoms with E-state index in [0.717, 1.165) is 51.6 Å². The average molecular weight is 378 g/mol. The van der Waals surface area contributed by atoms with Crippen LogP contribution in [0.1, 0.15) is 90.9 Å². The van der Waals surface area contributed by atoms with Gasteiger partial charge in [0.25, 0.3) is 5.91 Å². The first-order chi connectivity index (χ1) is 13.1. The first-order valence-corrected chi connectivity index (χ1v) is 11.5. The smallest absolute Gasteiger partial charge is 0.322 e. The predicted molar refractivity (Wildman–Crippen MR) is 108 cm³/mol. The first kappa shape index (κ1) is 20.6. The summed E-state index contributed by atoms with van der Waals surface area (Å²) in [7, 11) is 0. The number of hydrogen-bond acceptors (Lipinski definition) is 3. The van der Waals surface area contributed by atoms with Crippen molar-refractivity contribution < 1.29 is 9.59 Å². The molecule has 0 aromatic rings. The minimum atomic E-state index is -0.623. The number of amides is 3. The lowest BCUT2D eigenvalue weighted by Crippen LogP contribution is -2.59. The molecule has 2 aliphatic carbocycles. The number of carbonyl (C=O) groups excluding carboxylic acids is 2. The Kier molecular flexibility index (Phi) is 7.18. The van der Waals surface area contributed by atoms with Gasteiger partial charge in [-0.1, -0.05) is 52.4 Å². The van der Waals surface area contributed by atoms with Gasteiger partial charge in [0.1, 0.15) is 5.54 Å². The second-order valence-corrected chi connectivity index (χ2v) is 8.96. The number of nitrogens with zero attached hydrogens (tertiary/aromatic N) is 2. The molecule has 0 radical (unpaired) electrons.